The van der Waals surface area contributed by atoms with Crippen LogP contribution in [0, 0.1) is 51.5 Å². The fourth-order valence-corrected chi connectivity index (χ4v) is 17.5. The Hall–Kier alpha value is -14.0. The number of nitrogens with zero attached hydrogens (tertiary/aromatic N) is 8. The quantitative estimate of drug-likeness (QED) is 0.0899. The van der Waals surface area contributed by atoms with Crippen molar-refractivity contribution in [3.63, 3.8) is 0 Å². The summed E-state index contributed by atoms with van der Waals surface area (Å²) in [5, 5.41) is 3.81. The Kier molecular flexibility index (Phi) is 15.8. The summed E-state index contributed by atoms with van der Waals surface area (Å²) in [5.41, 5.74) is 4.20. The molecule has 0 aliphatic carbocycles. The molecule has 0 N–H and O–H groups in total. The number of para-hydroxylation sites is 6. The monoisotopic (exact) mass is 2130 g/mol. The molecule has 4 aromatic heterocycles. The van der Waals surface area contributed by atoms with Crippen molar-refractivity contribution in [1.29, 1.82) is 0 Å². The van der Waals surface area contributed by atoms with Crippen molar-refractivity contribution >= 4 is 89.1 Å². The van der Waals surface area contributed by atoms with Gasteiger partial charge >= 0.3 is 0 Å². The van der Waals surface area contributed by atoms with E-state index >= 15 is 0 Å². The Balaban J connectivity index is 0.000000204. The summed E-state index contributed by atoms with van der Waals surface area (Å²) in [4.78, 5) is 16.2. The molecule has 6 heterocycles. The molecule has 16 aromatic carbocycles. The maximum absolute atomic E-state index is 10.2. The van der Waals surface area contributed by atoms with Crippen molar-refractivity contribution in [3.8, 4) is 78.4 Å². The molecule has 22 rings (SSSR count). The predicted molar refractivity (Wildman–Crippen MR) is 552 cm³/mol. The van der Waals surface area contributed by atoms with Crippen LogP contribution in [0.3, 0.4) is 0 Å². The maximum atomic E-state index is 10.2. The van der Waals surface area contributed by atoms with Crippen LogP contribution < -0.4 is 19.6 Å². The van der Waals surface area contributed by atoms with E-state index in [2.05, 4.69) is 101 Å². The summed E-state index contributed by atoms with van der Waals surface area (Å²) in [6.07, 6.45) is 1.68. The summed E-state index contributed by atoms with van der Waals surface area (Å²) in [7, 11) is 0. The van der Waals surface area contributed by atoms with Gasteiger partial charge < -0.3 is 28.7 Å². The Bertz CT molecular complexity index is 9620. The van der Waals surface area contributed by atoms with Gasteiger partial charge in [-0.25, -0.2) is 9.97 Å². The van der Waals surface area contributed by atoms with Gasteiger partial charge in [0.05, 0.1) is 43.9 Å². The van der Waals surface area contributed by atoms with Crippen LogP contribution in [0.1, 0.15) is 159 Å². The molecular weight excluding hydrogens is 1990 g/mol. The van der Waals surface area contributed by atoms with Crippen LogP contribution in [-0.4, -0.2) is 19.1 Å². The molecule has 20 aromatic rings. The zero-order valence-corrected chi connectivity index (χ0v) is 79.0. The molecule has 2 aliphatic heterocycles. The van der Waals surface area contributed by atoms with Gasteiger partial charge in [0.2, 0.25) is 0 Å². The van der Waals surface area contributed by atoms with E-state index in [0.717, 1.165) is 66.2 Å². The molecule has 0 unspecified atom stereocenters. The first-order chi connectivity index (χ1) is 78.2. The van der Waals surface area contributed by atoms with E-state index in [4.69, 9.17) is 37.4 Å². The van der Waals surface area contributed by atoms with Gasteiger partial charge in [-0.1, -0.05) is 315 Å². The summed E-state index contributed by atoms with van der Waals surface area (Å²) in [6.45, 7) is 25.0. The number of benzene rings is 16. The SMILES string of the molecule is [2H]c1c([2H])c([2H])c(-c2c(C)c(-c3c([2H])c([2H])c([2H])c([2H])c3[2H])c(N3[CH-]N(c4[c-]c(Cc5[c-]c6c(cc5)c5ccccc5n6-c5cc(C(C)(C)C)ccn5)ccc4)c4ccccc43)c(-c3c([2H])c([2H])c([2H])c([2H])c3[2H])c2C)c([2H])c1[2H].[2H]c1c([2H])c([2H])c(-c2c([2H])c(-c3c([2H])c([2H])c([2H])c([2H])c3[2H])c(N3[CH-]N(c4[c-]c(C([2H])([2H])c5[c-]c6c(cc5)c5ccccc5n6-c5cc(C(C)(C)C)ccn5)cc(C(C)(C)C)c4)c4ccccc43)c(-c3c([2H])c([2H])c([2H])c([2H])c3[2H])c2[2H])c([2H])c1[2H].[Pt].[Pt]. The second kappa shape index (κ2) is 36.9. The van der Waals surface area contributed by atoms with Crippen molar-refractivity contribution in [2.75, 3.05) is 19.6 Å². The third kappa shape index (κ3) is 17.0. The predicted octanol–water partition coefficient (Wildman–Crippen LogP) is 32.1. The Morgan fingerprint density at radius 1 is 0.321 bits per heavy atom. The van der Waals surface area contributed by atoms with Crippen LogP contribution in [0.25, 0.3) is 122 Å². The number of pyridine rings is 2. The molecule has 0 atom stereocenters. The minimum atomic E-state index is -2.33. The molecule has 0 radical (unpaired) electrons. The Labute approximate surface area is 864 Å². The van der Waals surface area contributed by atoms with Gasteiger partial charge in [0, 0.05) is 125 Å². The van der Waals surface area contributed by atoms with Crippen LogP contribution >= 0.6 is 0 Å². The minimum Gasteiger partial charge on any atom is -0.493 e. The summed E-state index contributed by atoms with van der Waals surface area (Å²) in [6, 6.07) is 44.7. The van der Waals surface area contributed by atoms with Gasteiger partial charge in [-0.2, -0.15) is 101 Å². The zero-order chi connectivity index (χ0) is 120. The Morgan fingerprint density at radius 2 is 0.701 bits per heavy atom. The van der Waals surface area contributed by atoms with E-state index in [1.165, 1.54) is 11.6 Å². The minimum absolute atomic E-state index is 0. The largest absolute Gasteiger partial charge is 0.493 e. The number of hydrogen-bond donors (Lipinski definition) is 0. The van der Waals surface area contributed by atoms with E-state index in [1.54, 1.807) is 91.1 Å². The maximum Gasteiger partial charge on any atom is 0.135 e. The fourth-order valence-electron chi connectivity index (χ4n) is 17.5. The molecule has 0 amide bonds. The van der Waals surface area contributed by atoms with Crippen LogP contribution in [0.2, 0.25) is 0 Å². The summed E-state index contributed by atoms with van der Waals surface area (Å²) in [5.74, 6) is 1.40. The standard InChI is InChI=1S/C63H53N4.C61H49N4.2Pt/c1-62(2,3)49-32-33-64-60(41-49)67-56-27-17-16-26-52(56)53-31-30-43(37-59(53)67)34-44-35-50(63(4,5)6)40-51(36-44)65-42-66(58-29-19-18-28-57(58)65)61-54(46-22-12-8-13-23-46)38-48(45-20-10-7-11-21-45)39-55(61)47-24-14-9-15-25-47;1-41-57(45-21-9-6-10-22-45)42(2)59(47-25-13-8-14-26-47)60(58(41)46-23-11-7-12-24-46)64-40-63(53-30-17-18-31-54(53)64)49-27-19-20-43(37-49)36-44-32-33-51-50-28-15-16-29-52(50)65(55(51)38-44)56-39-48(34-35-62-56)61(3,4)5;;/h7-33,35,38-42H,34H2,1-6H3;6-35,39-40H,36H2,1-5H3;;/q2*-3;;/i7D,8D,9D,10D,11D,12D,13D,14D,15D,20D,21D,22D,23D,24D,25D,34D2,38D,39D;6D,7D,8D,9D,10D,11D,12D,13D,14D,21D,22D,23D,24D,25D,26D;;. The smallest absolute Gasteiger partial charge is 0.135 e. The van der Waals surface area contributed by atoms with Gasteiger partial charge in [0.25, 0.3) is 0 Å². The van der Waals surface area contributed by atoms with Crippen LogP contribution in [-0.2, 0) is 71.2 Å². The van der Waals surface area contributed by atoms with Gasteiger partial charge in [-0.05, 0) is 193 Å². The van der Waals surface area contributed by atoms with Crippen LogP contribution in [0.5, 0.6) is 0 Å². The van der Waals surface area contributed by atoms with Crippen molar-refractivity contribution in [3.05, 3.63) is 469 Å². The van der Waals surface area contributed by atoms with Crippen molar-refractivity contribution in [2.45, 2.75) is 105 Å². The Morgan fingerprint density at radius 3 is 1.16 bits per heavy atom. The van der Waals surface area contributed by atoms with Crippen molar-refractivity contribution < 1.29 is 88.7 Å². The van der Waals surface area contributed by atoms with Crippen LogP contribution in [0.15, 0.2) is 382 Å². The van der Waals surface area contributed by atoms with Gasteiger partial charge in [0.15, 0.2) is 0 Å². The molecule has 0 saturated carbocycles. The van der Waals surface area contributed by atoms with Crippen molar-refractivity contribution in [2.24, 2.45) is 0 Å². The molecule has 0 fully saturated rings. The first-order valence-electron chi connectivity index (χ1n) is 60.0. The van der Waals surface area contributed by atoms with Gasteiger partial charge in [0.1, 0.15) is 11.6 Å². The molecule has 0 saturated heterocycles. The normalized spacial score (nSPS) is 16.2. The second-order valence-corrected chi connectivity index (χ2v) is 35.3. The van der Waals surface area contributed by atoms with E-state index in [0.29, 0.717) is 46.1 Å². The van der Waals surface area contributed by atoms with E-state index in [-0.39, 0.29) is 126 Å². The second-order valence-electron chi connectivity index (χ2n) is 35.3. The first kappa shape index (κ1) is 57.4. The summed E-state index contributed by atoms with van der Waals surface area (Å²) < 4.78 is 314. The number of hydrogen-bond acceptors (Lipinski definition) is 6. The van der Waals surface area contributed by atoms with Gasteiger partial charge in [-0.15, -0.1) is 41.6 Å². The number of fused-ring (bicyclic) bond motifs is 8. The molecule has 0 spiro atoms. The van der Waals surface area contributed by atoms with E-state index in [9.17, 15) is 19.2 Å². The van der Waals surface area contributed by atoms with Crippen molar-refractivity contribution in [1.82, 2.24) is 19.1 Å². The molecule has 8 nitrogen and oxygen atoms in total. The number of rotatable bonds is 16. The molecular formula is C124H102N8Pt2-6. The number of anilines is 8. The summed E-state index contributed by atoms with van der Waals surface area (Å²) >= 11 is 0. The topological polar surface area (TPSA) is 48.6 Å². The van der Waals surface area contributed by atoms with E-state index in [1.807, 2.05) is 127 Å². The first-order valence-corrected chi connectivity index (χ1v) is 43.0. The molecule has 2 aliphatic rings. The third-order valence-electron chi connectivity index (χ3n) is 23.8. The molecule has 0 bridgehead atoms. The van der Waals surface area contributed by atoms with E-state index < -0.39 is 244 Å². The molecule has 134 heavy (non-hydrogen) atoms. The average Bonchev–Trinajstić information content (AvgIpc) is 1.34. The van der Waals surface area contributed by atoms with Crippen LogP contribution in [0.4, 0.5) is 45.5 Å². The third-order valence-corrected chi connectivity index (χ3v) is 23.8. The molecule has 664 valence electrons. The van der Waals surface area contributed by atoms with Gasteiger partial charge in [-0.3, -0.25) is 0 Å². The fraction of sp³-hybridized carbons (Fsp3) is 0.129. The zero-order valence-electron chi connectivity index (χ0n) is 108. The average molecular weight is 2130 g/mol. The number of aromatic nitrogens is 4. The molecule has 10 heteroatoms.